The summed E-state index contributed by atoms with van der Waals surface area (Å²) in [7, 11) is -3.35. The van der Waals surface area contributed by atoms with Crippen LogP contribution in [0.1, 0.15) is 39.5 Å². The maximum Gasteiger partial charge on any atom is 0.238 e. The zero-order valence-corrected chi connectivity index (χ0v) is 12.2. The van der Waals surface area contributed by atoms with Crippen molar-refractivity contribution >= 4 is 15.7 Å². The minimum atomic E-state index is -3.35. The van der Waals surface area contributed by atoms with E-state index in [1.165, 1.54) is 6.92 Å². The number of hydrogen-bond acceptors (Lipinski definition) is 4. The first kappa shape index (κ1) is 15.4. The van der Waals surface area contributed by atoms with Crippen molar-refractivity contribution in [3.8, 4) is 0 Å². The van der Waals surface area contributed by atoms with Gasteiger partial charge in [-0.3, -0.25) is 4.79 Å². The van der Waals surface area contributed by atoms with E-state index in [0.29, 0.717) is 12.5 Å². The third-order valence-corrected chi connectivity index (χ3v) is 5.38. The molecule has 0 radical (unpaired) electrons. The maximum atomic E-state index is 12.0. The Morgan fingerprint density at radius 1 is 1.56 bits per heavy atom. The van der Waals surface area contributed by atoms with Gasteiger partial charge in [0.2, 0.25) is 5.91 Å². The van der Waals surface area contributed by atoms with Gasteiger partial charge in [-0.15, -0.1) is 0 Å². The molecule has 106 valence electrons. The second-order valence-electron chi connectivity index (χ2n) is 5.65. The highest BCUT2D eigenvalue weighted by molar-refractivity contribution is 7.92. The van der Waals surface area contributed by atoms with Crippen LogP contribution in [0, 0.1) is 5.92 Å². The number of sulfone groups is 1. The molecule has 1 aliphatic rings. The molecular weight excluding hydrogens is 252 g/mol. The number of carbonyl (C=O) groups excluding carboxylic acids is 1. The van der Waals surface area contributed by atoms with Gasteiger partial charge in [-0.1, -0.05) is 19.8 Å². The van der Waals surface area contributed by atoms with Gasteiger partial charge in [0.05, 0.1) is 5.54 Å². The average molecular weight is 276 g/mol. The van der Waals surface area contributed by atoms with Gasteiger partial charge < -0.3 is 11.1 Å². The standard InChI is InChI=1S/C12H24N2O3S/c1-9-5-4-6-12(7-9,8-13)14-11(15)10(2)18(3,16)17/h9-10H,4-8,13H2,1-3H3,(H,14,15). The quantitative estimate of drug-likeness (QED) is 0.780. The first-order valence-electron chi connectivity index (χ1n) is 6.41. The van der Waals surface area contributed by atoms with Crippen LogP contribution in [0.4, 0.5) is 0 Å². The topological polar surface area (TPSA) is 89.3 Å². The number of nitrogens with two attached hydrogens (primary N) is 1. The molecule has 0 spiro atoms. The lowest BCUT2D eigenvalue weighted by Crippen LogP contribution is -2.58. The Kier molecular flexibility index (Phi) is 4.78. The fourth-order valence-electron chi connectivity index (χ4n) is 2.57. The van der Waals surface area contributed by atoms with E-state index in [1.54, 1.807) is 0 Å². The molecule has 0 aliphatic heterocycles. The third-order valence-electron chi connectivity index (χ3n) is 3.88. The van der Waals surface area contributed by atoms with E-state index in [1.807, 2.05) is 0 Å². The first-order valence-corrected chi connectivity index (χ1v) is 8.36. The summed E-state index contributed by atoms with van der Waals surface area (Å²) in [5, 5.41) is 1.86. The van der Waals surface area contributed by atoms with Gasteiger partial charge in [-0.2, -0.15) is 0 Å². The molecule has 1 fully saturated rings. The van der Waals surface area contributed by atoms with Crippen molar-refractivity contribution in [2.75, 3.05) is 12.8 Å². The van der Waals surface area contributed by atoms with Crippen molar-refractivity contribution in [2.45, 2.75) is 50.3 Å². The predicted molar refractivity (Wildman–Crippen MR) is 71.9 cm³/mol. The van der Waals surface area contributed by atoms with Crippen LogP contribution in [0.25, 0.3) is 0 Å². The van der Waals surface area contributed by atoms with E-state index in [0.717, 1.165) is 31.9 Å². The lowest BCUT2D eigenvalue weighted by molar-refractivity contribution is -0.122. The van der Waals surface area contributed by atoms with Crippen molar-refractivity contribution in [3.05, 3.63) is 0 Å². The second kappa shape index (κ2) is 5.57. The molecule has 6 heteroatoms. The van der Waals surface area contributed by atoms with E-state index in [9.17, 15) is 13.2 Å². The largest absolute Gasteiger partial charge is 0.348 e. The van der Waals surface area contributed by atoms with Gasteiger partial charge in [0.1, 0.15) is 5.25 Å². The molecule has 0 aromatic carbocycles. The Bertz CT molecular complexity index is 408. The van der Waals surface area contributed by atoms with Crippen molar-refractivity contribution < 1.29 is 13.2 Å². The van der Waals surface area contributed by atoms with Gasteiger partial charge in [-0.05, 0) is 25.7 Å². The molecule has 1 rings (SSSR count). The highest BCUT2D eigenvalue weighted by Crippen LogP contribution is 2.31. The summed E-state index contributed by atoms with van der Waals surface area (Å²) in [6.07, 6.45) is 4.89. The van der Waals surface area contributed by atoms with Crippen molar-refractivity contribution in [2.24, 2.45) is 11.7 Å². The zero-order chi connectivity index (χ0) is 14.0. The van der Waals surface area contributed by atoms with Crippen LogP contribution in [0.5, 0.6) is 0 Å². The maximum absolute atomic E-state index is 12.0. The summed E-state index contributed by atoms with van der Waals surface area (Å²) in [6.45, 7) is 3.91. The van der Waals surface area contributed by atoms with Crippen molar-refractivity contribution in [1.82, 2.24) is 5.32 Å². The molecule has 1 saturated carbocycles. The molecule has 3 unspecified atom stereocenters. The lowest BCUT2D eigenvalue weighted by atomic mass is 9.76. The molecule has 3 atom stereocenters. The van der Waals surface area contributed by atoms with E-state index < -0.39 is 26.5 Å². The summed E-state index contributed by atoms with van der Waals surface area (Å²) >= 11 is 0. The average Bonchev–Trinajstić information content (AvgIpc) is 2.26. The van der Waals surface area contributed by atoms with Gasteiger partial charge in [0, 0.05) is 12.8 Å². The summed E-state index contributed by atoms with van der Waals surface area (Å²) in [5.74, 6) is 0.0770. The monoisotopic (exact) mass is 276 g/mol. The van der Waals surface area contributed by atoms with Crippen molar-refractivity contribution in [1.29, 1.82) is 0 Å². The molecule has 5 nitrogen and oxygen atoms in total. The molecule has 0 saturated heterocycles. The molecule has 0 bridgehead atoms. The summed E-state index contributed by atoms with van der Waals surface area (Å²) in [4.78, 5) is 12.0. The highest BCUT2D eigenvalue weighted by Gasteiger charge is 2.37. The summed E-state index contributed by atoms with van der Waals surface area (Å²) in [6, 6.07) is 0. The van der Waals surface area contributed by atoms with E-state index >= 15 is 0 Å². The van der Waals surface area contributed by atoms with Gasteiger partial charge in [0.25, 0.3) is 0 Å². The number of nitrogens with one attached hydrogen (secondary N) is 1. The number of hydrogen-bond donors (Lipinski definition) is 2. The molecular formula is C12H24N2O3S. The minimum absolute atomic E-state index is 0.361. The van der Waals surface area contributed by atoms with Crippen molar-refractivity contribution in [3.63, 3.8) is 0 Å². The van der Waals surface area contributed by atoms with Crippen LogP contribution >= 0.6 is 0 Å². The highest BCUT2D eigenvalue weighted by atomic mass is 32.2. The zero-order valence-electron chi connectivity index (χ0n) is 11.4. The van der Waals surface area contributed by atoms with Crippen LogP contribution in [0.15, 0.2) is 0 Å². The molecule has 0 heterocycles. The van der Waals surface area contributed by atoms with Crippen LogP contribution < -0.4 is 11.1 Å². The van der Waals surface area contributed by atoms with Gasteiger partial charge in [0.15, 0.2) is 9.84 Å². The smallest absolute Gasteiger partial charge is 0.238 e. The Labute approximate surface area is 109 Å². The predicted octanol–water partition coefficient (Wildman–Crippen LogP) is 0.443. The first-order chi connectivity index (χ1) is 8.20. The van der Waals surface area contributed by atoms with Crippen LogP contribution in [0.2, 0.25) is 0 Å². The Hall–Kier alpha value is -0.620. The Morgan fingerprint density at radius 2 is 2.17 bits per heavy atom. The van der Waals surface area contributed by atoms with Gasteiger partial charge >= 0.3 is 0 Å². The molecule has 1 aliphatic carbocycles. The number of rotatable bonds is 4. The molecule has 0 aromatic heterocycles. The van der Waals surface area contributed by atoms with E-state index in [2.05, 4.69) is 12.2 Å². The number of carbonyl (C=O) groups is 1. The Morgan fingerprint density at radius 3 is 2.61 bits per heavy atom. The van der Waals surface area contributed by atoms with Crippen LogP contribution in [-0.4, -0.2) is 37.9 Å². The third kappa shape index (κ3) is 3.68. The molecule has 1 amide bonds. The Balaban J connectivity index is 2.77. The van der Waals surface area contributed by atoms with Crippen LogP contribution in [-0.2, 0) is 14.6 Å². The normalized spacial score (nSPS) is 30.8. The SMILES string of the molecule is CC1CCCC(CN)(NC(=O)C(C)S(C)(=O)=O)C1. The number of amides is 1. The summed E-state index contributed by atoms with van der Waals surface area (Å²) in [5.41, 5.74) is 5.37. The molecule has 3 N–H and O–H groups in total. The fourth-order valence-corrected chi connectivity index (χ4v) is 3.02. The van der Waals surface area contributed by atoms with E-state index in [-0.39, 0.29) is 0 Å². The summed E-state index contributed by atoms with van der Waals surface area (Å²) < 4.78 is 22.8. The van der Waals surface area contributed by atoms with Gasteiger partial charge in [-0.25, -0.2) is 8.42 Å². The lowest BCUT2D eigenvalue weighted by Gasteiger charge is -2.40. The molecule has 0 aromatic rings. The fraction of sp³-hybridized carbons (Fsp3) is 0.917. The molecule has 18 heavy (non-hydrogen) atoms. The van der Waals surface area contributed by atoms with Crippen LogP contribution in [0.3, 0.4) is 0 Å². The van der Waals surface area contributed by atoms with E-state index in [4.69, 9.17) is 5.73 Å². The second-order valence-corrected chi connectivity index (χ2v) is 8.01. The minimum Gasteiger partial charge on any atom is -0.348 e.